The van der Waals surface area contributed by atoms with Gasteiger partial charge in [0.1, 0.15) is 5.75 Å². The van der Waals surface area contributed by atoms with Crippen molar-refractivity contribution in [3.8, 4) is 17.2 Å². The fourth-order valence-corrected chi connectivity index (χ4v) is 2.76. The molecule has 0 bridgehead atoms. The molecule has 2 aromatic rings. The summed E-state index contributed by atoms with van der Waals surface area (Å²) in [5.74, 6) is 0.206. The smallest absolute Gasteiger partial charge is 0.387 e. The van der Waals surface area contributed by atoms with Crippen LogP contribution < -0.4 is 19.5 Å². The summed E-state index contributed by atoms with van der Waals surface area (Å²) in [4.78, 5) is 23.7. The monoisotopic (exact) mass is 463 g/mol. The second-order valence-corrected chi connectivity index (χ2v) is 6.64. The SMILES string of the molecule is CCOc1ccc(CCNC(=O)COC(=O)C=Cc2ccc(OC(F)F)cc2)cc1OCC. The first-order chi connectivity index (χ1) is 15.9. The number of esters is 1. The van der Waals surface area contributed by atoms with E-state index in [1.165, 1.54) is 30.3 Å². The Morgan fingerprint density at radius 1 is 1.00 bits per heavy atom. The Bertz CT molecular complexity index is 931. The van der Waals surface area contributed by atoms with Gasteiger partial charge in [0.05, 0.1) is 13.2 Å². The maximum Gasteiger partial charge on any atom is 0.387 e. The van der Waals surface area contributed by atoms with Crippen molar-refractivity contribution in [1.82, 2.24) is 5.32 Å². The van der Waals surface area contributed by atoms with Crippen molar-refractivity contribution >= 4 is 18.0 Å². The van der Waals surface area contributed by atoms with Crippen LogP contribution in [0.15, 0.2) is 48.5 Å². The molecule has 0 aliphatic carbocycles. The summed E-state index contributed by atoms with van der Waals surface area (Å²) in [7, 11) is 0. The maximum atomic E-state index is 12.1. The molecule has 0 aliphatic heterocycles. The molecule has 1 amide bonds. The molecule has 0 radical (unpaired) electrons. The van der Waals surface area contributed by atoms with Gasteiger partial charge in [0.25, 0.3) is 5.91 Å². The van der Waals surface area contributed by atoms with E-state index in [4.69, 9.17) is 14.2 Å². The summed E-state index contributed by atoms with van der Waals surface area (Å²) in [6.07, 6.45) is 3.15. The summed E-state index contributed by atoms with van der Waals surface area (Å²) in [5.41, 5.74) is 1.55. The summed E-state index contributed by atoms with van der Waals surface area (Å²) < 4.78 is 44.5. The number of ether oxygens (including phenoxy) is 4. The van der Waals surface area contributed by atoms with Crippen molar-refractivity contribution in [3.63, 3.8) is 0 Å². The molecule has 0 saturated carbocycles. The number of carbonyl (C=O) groups is 2. The topological polar surface area (TPSA) is 83.1 Å². The van der Waals surface area contributed by atoms with Gasteiger partial charge < -0.3 is 24.3 Å². The third-order valence-electron chi connectivity index (χ3n) is 4.21. The van der Waals surface area contributed by atoms with Crippen LogP contribution in [0.25, 0.3) is 6.08 Å². The molecule has 1 N–H and O–H groups in total. The first-order valence-electron chi connectivity index (χ1n) is 10.5. The molecule has 2 aromatic carbocycles. The largest absolute Gasteiger partial charge is 0.490 e. The maximum absolute atomic E-state index is 12.1. The Kier molecular flexibility index (Phi) is 10.7. The van der Waals surface area contributed by atoms with Gasteiger partial charge in [-0.3, -0.25) is 4.79 Å². The van der Waals surface area contributed by atoms with Crippen LogP contribution in [0.4, 0.5) is 8.78 Å². The molecule has 7 nitrogen and oxygen atoms in total. The predicted molar refractivity (Wildman–Crippen MR) is 119 cm³/mol. The highest BCUT2D eigenvalue weighted by Crippen LogP contribution is 2.28. The molecular weight excluding hydrogens is 436 g/mol. The van der Waals surface area contributed by atoms with Gasteiger partial charge >= 0.3 is 12.6 Å². The van der Waals surface area contributed by atoms with Crippen LogP contribution in [0, 0.1) is 0 Å². The number of amides is 1. The quantitative estimate of drug-likeness (QED) is 0.357. The lowest BCUT2D eigenvalue weighted by Gasteiger charge is -2.12. The molecule has 9 heteroatoms. The van der Waals surface area contributed by atoms with Crippen molar-refractivity contribution in [2.24, 2.45) is 0 Å². The number of nitrogens with one attached hydrogen (secondary N) is 1. The van der Waals surface area contributed by atoms with Gasteiger partial charge in [-0.25, -0.2) is 4.79 Å². The van der Waals surface area contributed by atoms with E-state index < -0.39 is 25.1 Å². The van der Waals surface area contributed by atoms with Gasteiger partial charge in [-0.05, 0) is 61.7 Å². The second kappa shape index (κ2) is 13.7. The highest BCUT2D eigenvalue weighted by molar-refractivity contribution is 5.89. The number of rotatable bonds is 13. The molecule has 2 rings (SSSR count). The molecule has 0 aromatic heterocycles. The van der Waals surface area contributed by atoms with Crippen LogP contribution in [0.5, 0.6) is 17.2 Å². The van der Waals surface area contributed by atoms with E-state index in [0.717, 1.165) is 11.6 Å². The summed E-state index contributed by atoms with van der Waals surface area (Å²) >= 11 is 0. The van der Waals surface area contributed by atoms with E-state index in [9.17, 15) is 18.4 Å². The zero-order chi connectivity index (χ0) is 24.1. The zero-order valence-corrected chi connectivity index (χ0v) is 18.5. The standard InChI is InChI=1S/C24H27F2NO6/c1-3-30-20-11-7-18(15-21(20)31-4-2)13-14-27-22(28)16-32-23(29)12-8-17-5-9-19(10-6-17)33-24(25)26/h5-12,15,24H,3-4,13-14,16H2,1-2H3,(H,27,28). The highest BCUT2D eigenvalue weighted by atomic mass is 19.3. The Hall–Kier alpha value is -3.62. The fourth-order valence-electron chi connectivity index (χ4n) is 2.76. The predicted octanol–water partition coefficient (Wildman–Crippen LogP) is 4.00. The van der Waals surface area contributed by atoms with Gasteiger partial charge in [-0.2, -0.15) is 8.78 Å². The second-order valence-electron chi connectivity index (χ2n) is 6.64. The number of hydrogen-bond donors (Lipinski definition) is 1. The van der Waals surface area contributed by atoms with Crippen LogP contribution >= 0.6 is 0 Å². The first kappa shape index (κ1) is 25.6. The highest BCUT2D eigenvalue weighted by Gasteiger charge is 2.08. The van der Waals surface area contributed by atoms with Crippen LogP contribution in [-0.4, -0.2) is 44.9 Å². The first-order valence-corrected chi connectivity index (χ1v) is 10.5. The van der Waals surface area contributed by atoms with Crippen LogP contribution in [0.2, 0.25) is 0 Å². The van der Waals surface area contributed by atoms with Gasteiger partial charge in [0.2, 0.25) is 0 Å². The van der Waals surface area contributed by atoms with Gasteiger partial charge in [0, 0.05) is 12.6 Å². The number of hydrogen-bond acceptors (Lipinski definition) is 6. The lowest BCUT2D eigenvalue weighted by atomic mass is 10.1. The number of alkyl halides is 2. The summed E-state index contributed by atoms with van der Waals surface area (Å²) in [6, 6.07) is 11.3. The Morgan fingerprint density at radius 3 is 2.36 bits per heavy atom. The molecular formula is C24H27F2NO6. The van der Waals surface area contributed by atoms with E-state index in [1.54, 1.807) is 0 Å². The fraction of sp³-hybridized carbons (Fsp3) is 0.333. The van der Waals surface area contributed by atoms with Crippen molar-refractivity contribution in [1.29, 1.82) is 0 Å². The van der Waals surface area contributed by atoms with Gasteiger partial charge in [-0.15, -0.1) is 0 Å². The molecule has 0 aliphatic rings. The minimum atomic E-state index is -2.90. The van der Waals surface area contributed by atoms with Gasteiger partial charge in [-0.1, -0.05) is 18.2 Å². The van der Waals surface area contributed by atoms with Crippen molar-refractivity contribution in [2.45, 2.75) is 26.9 Å². The third-order valence-corrected chi connectivity index (χ3v) is 4.21. The number of halogens is 2. The summed E-state index contributed by atoms with van der Waals surface area (Å²) in [5, 5.41) is 2.69. The molecule has 0 fully saturated rings. The Morgan fingerprint density at radius 2 is 1.70 bits per heavy atom. The van der Waals surface area contributed by atoms with E-state index in [-0.39, 0.29) is 5.75 Å². The molecule has 0 saturated heterocycles. The van der Waals surface area contributed by atoms with Crippen molar-refractivity contribution in [3.05, 3.63) is 59.7 Å². The number of carbonyl (C=O) groups excluding carboxylic acids is 2. The number of benzene rings is 2. The van der Waals surface area contributed by atoms with Crippen LogP contribution in [0.1, 0.15) is 25.0 Å². The molecule has 33 heavy (non-hydrogen) atoms. The molecule has 0 spiro atoms. The lowest BCUT2D eigenvalue weighted by Crippen LogP contribution is -2.30. The normalized spacial score (nSPS) is 10.8. The van der Waals surface area contributed by atoms with E-state index in [0.29, 0.717) is 43.2 Å². The zero-order valence-electron chi connectivity index (χ0n) is 18.5. The van der Waals surface area contributed by atoms with Crippen LogP contribution in [0.3, 0.4) is 0 Å². The minimum absolute atomic E-state index is 0.0146. The van der Waals surface area contributed by atoms with Crippen LogP contribution in [-0.2, 0) is 20.7 Å². The average molecular weight is 463 g/mol. The average Bonchev–Trinajstić information content (AvgIpc) is 2.79. The van der Waals surface area contributed by atoms with Crippen molar-refractivity contribution < 1.29 is 37.3 Å². The molecule has 0 heterocycles. The van der Waals surface area contributed by atoms with Crippen molar-refractivity contribution in [2.75, 3.05) is 26.4 Å². The van der Waals surface area contributed by atoms with E-state index in [1.807, 2.05) is 32.0 Å². The summed E-state index contributed by atoms with van der Waals surface area (Å²) in [6.45, 7) is 1.87. The lowest BCUT2D eigenvalue weighted by molar-refractivity contribution is -0.143. The Labute approximate surface area is 191 Å². The van der Waals surface area contributed by atoms with E-state index >= 15 is 0 Å². The molecule has 0 atom stereocenters. The minimum Gasteiger partial charge on any atom is -0.490 e. The Balaban J connectivity index is 1.72. The molecule has 0 unspecified atom stereocenters. The van der Waals surface area contributed by atoms with Gasteiger partial charge in [0.15, 0.2) is 18.1 Å². The molecule has 178 valence electrons. The van der Waals surface area contributed by atoms with E-state index in [2.05, 4.69) is 10.1 Å². The third kappa shape index (κ3) is 9.59.